The summed E-state index contributed by atoms with van der Waals surface area (Å²) >= 11 is 6.31. The van der Waals surface area contributed by atoms with Crippen molar-refractivity contribution in [3.63, 3.8) is 0 Å². The molecule has 0 spiro atoms. The van der Waals surface area contributed by atoms with E-state index in [1.807, 2.05) is 25.1 Å². The molecule has 4 rings (SSSR count). The average molecular weight is 371 g/mol. The van der Waals surface area contributed by atoms with Crippen LogP contribution in [0.15, 0.2) is 45.6 Å². The first kappa shape index (κ1) is 17.1. The van der Waals surface area contributed by atoms with Crippen LogP contribution in [0.25, 0.3) is 11.0 Å². The van der Waals surface area contributed by atoms with Crippen LogP contribution < -0.4 is 15.3 Å². The molecule has 1 aliphatic rings. The van der Waals surface area contributed by atoms with Gasteiger partial charge in [-0.3, -0.25) is 4.90 Å². The first-order valence-corrected chi connectivity index (χ1v) is 9.23. The molecule has 1 N–H and O–H groups in total. The zero-order valence-electron chi connectivity index (χ0n) is 14.9. The largest absolute Gasteiger partial charge is 0.444 e. The number of rotatable bonds is 3. The van der Waals surface area contributed by atoms with Gasteiger partial charge in [0.25, 0.3) is 0 Å². The SMILES string of the molecule is CCc1cc(=O)oc2c(C)c3c(cc12)C[NH+](Cc1ccccc1Cl)CO3. The molecule has 0 bridgehead atoms. The Balaban J connectivity index is 1.73. The Morgan fingerprint density at radius 3 is 2.77 bits per heavy atom. The Morgan fingerprint density at radius 2 is 2.00 bits per heavy atom. The van der Waals surface area contributed by atoms with Gasteiger partial charge in [-0.05, 0) is 31.0 Å². The lowest BCUT2D eigenvalue weighted by molar-refractivity contribution is -0.945. The molecule has 26 heavy (non-hydrogen) atoms. The number of quaternary nitrogens is 1. The lowest BCUT2D eigenvalue weighted by Gasteiger charge is -2.28. The van der Waals surface area contributed by atoms with Gasteiger partial charge in [-0.25, -0.2) is 4.79 Å². The van der Waals surface area contributed by atoms with Gasteiger partial charge in [0.05, 0.1) is 0 Å². The Hall–Kier alpha value is -2.30. The van der Waals surface area contributed by atoms with Gasteiger partial charge in [0.2, 0.25) is 6.73 Å². The van der Waals surface area contributed by atoms with Crippen molar-refractivity contribution in [1.82, 2.24) is 0 Å². The van der Waals surface area contributed by atoms with Gasteiger partial charge in [-0.2, -0.15) is 0 Å². The highest BCUT2D eigenvalue weighted by atomic mass is 35.5. The van der Waals surface area contributed by atoms with Crippen LogP contribution in [0.5, 0.6) is 5.75 Å². The molecule has 2 aromatic carbocycles. The third-order valence-electron chi connectivity index (χ3n) is 5.02. The minimum Gasteiger partial charge on any atom is -0.444 e. The third-order valence-corrected chi connectivity index (χ3v) is 5.39. The Labute approximate surface area is 156 Å². The number of nitrogens with one attached hydrogen (secondary N) is 1. The maximum Gasteiger partial charge on any atom is 0.336 e. The van der Waals surface area contributed by atoms with Crippen LogP contribution in [0.1, 0.15) is 29.2 Å². The predicted octanol–water partition coefficient (Wildman–Crippen LogP) is 3.25. The molecular weight excluding hydrogens is 350 g/mol. The van der Waals surface area contributed by atoms with Gasteiger partial charge in [0.15, 0.2) is 0 Å². The zero-order valence-corrected chi connectivity index (χ0v) is 15.7. The van der Waals surface area contributed by atoms with Crippen molar-refractivity contribution >= 4 is 22.6 Å². The molecule has 1 unspecified atom stereocenters. The summed E-state index contributed by atoms with van der Waals surface area (Å²) < 4.78 is 11.5. The highest BCUT2D eigenvalue weighted by molar-refractivity contribution is 6.31. The number of hydrogen-bond donors (Lipinski definition) is 1. The standard InChI is InChI=1S/C21H20ClNO3/c1-3-14-9-19(24)26-21-13(2)20-16(8-17(14)21)11-23(12-25-20)10-15-6-4-5-7-18(15)22/h4-9H,3,10-12H2,1-2H3/p+1. The number of halogens is 1. The summed E-state index contributed by atoms with van der Waals surface area (Å²) in [5.74, 6) is 0.844. The van der Waals surface area contributed by atoms with Gasteiger partial charge in [0.1, 0.15) is 24.4 Å². The van der Waals surface area contributed by atoms with Crippen molar-refractivity contribution in [3.8, 4) is 5.75 Å². The molecular formula is C21H21ClNO3+. The van der Waals surface area contributed by atoms with Gasteiger partial charge in [-0.15, -0.1) is 0 Å². The van der Waals surface area contributed by atoms with Crippen molar-refractivity contribution in [2.45, 2.75) is 33.4 Å². The monoisotopic (exact) mass is 370 g/mol. The first-order valence-electron chi connectivity index (χ1n) is 8.85. The second kappa shape index (κ2) is 6.78. The van der Waals surface area contributed by atoms with Gasteiger partial charge < -0.3 is 9.15 Å². The van der Waals surface area contributed by atoms with Crippen molar-refractivity contribution in [2.75, 3.05) is 6.73 Å². The Bertz CT molecular complexity index is 1040. The van der Waals surface area contributed by atoms with E-state index in [1.54, 1.807) is 6.07 Å². The lowest BCUT2D eigenvalue weighted by Crippen LogP contribution is -3.10. The number of ether oxygens (including phenoxy) is 1. The molecule has 0 aliphatic carbocycles. The number of benzene rings is 2. The van der Waals surface area contributed by atoms with Crippen molar-refractivity contribution in [2.24, 2.45) is 0 Å². The Kier molecular flexibility index (Phi) is 4.47. The van der Waals surface area contributed by atoms with E-state index in [-0.39, 0.29) is 5.63 Å². The van der Waals surface area contributed by atoms with E-state index in [0.717, 1.165) is 57.9 Å². The predicted molar refractivity (Wildman–Crippen MR) is 102 cm³/mol. The fourth-order valence-corrected chi connectivity index (χ4v) is 3.92. The molecule has 134 valence electrons. The first-order chi connectivity index (χ1) is 12.6. The fraction of sp³-hybridized carbons (Fsp3) is 0.286. The van der Waals surface area contributed by atoms with Crippen LogP contribution in [0.4, 0.5) is 0 Å². The van der Waals surface area contributed by atoms with Crippen molar-refractivity contribution in [3.05, 3.63) is 74.1 Å². The van der Waals surface area contributed by atoms with Crippen molar-refractivity contribution in [1.29, 1.82) is 0 Å². The maximum atomic E-state index is 11.8. The van der Waals surface area contributed by atoms with E-state index in [9.17, 15) is 4.79 Å². The van der Waals surface area contributed by atoms with Crippen LogP contribution in [0.3, 0.4) is 0 Å². The second-order valence-electron chi connectivity index (χ2n) is 6.79. The number of aryl methyl sites for hydroxylation is 2. The Morgan fingerprint density at radius 1 is 1.19 bits per heavy atom. The van der Waals surface area contributed by atoms with Crippen molar-refractivity contribution < 1.29 is 14.1 Å². The van der Waals surface area contributed by atoms with E-state index in [0.29, 0.717) is 12.3 Å². The van der Waals surface area contributed by atoms with E-state index in [4.69, 9.17) is 20.8 Å². The molecule has 2 heterocycles. The summed E-state index contributed by atoms with van der Waals surface area (Å²) in [5.41, 5.74) is 4.52. The summed E-state index contributed by atoms with van der Waals surface area (Å²) in [6, 6.07) is 11.6. The van der Waals surface area contributed by atoms with Gasteiger partial charge in [-0.1, -0.05) is 36.7 Å². The number of hydrogen-bond acceptors (Lipinski definition) is 3. The minimum absolute atomic E-state index is 0.306. The molecule has 4 nitrogen and oxygen atoms in total. The fourth-order valence-electron chi connectivity index (χ4n) is 3.72. The molecule has 1 aromatic heterocycles. The summed E-state index contributed by atoms with van der Waals surface area (Å²) in [5, 5.41) is 1.79. The highest BCUT2D eigenvalue weighted by Crippen LogP contribution is 2.33. The van der Waals surface area contributed by atoms with E-state index >= 15 is 0 Å². The van der Waals surface area contributed by atoms with Gasteiger partial charge >= 0.3 is 5.63 Å². The van der Waals surface area contributed by atoms with E-state index in [1.165, 1.54) is 4.90 Å². The normalized spacial score (nSPS) is 16.3. The third kappa shape index (κ3) is 3.00. The highest BCUT2D eigenvalue weighted by Gasteiger charge is 2.25. The zero-order chi connectivity index (χ0) is 18.3. The van der Waals surface area contributed by atoms with Crippen LogP contribution in [0, 0.1) is 6.92 Å². The topological polar surface area (TPSA) is 43.9 Å². The van der Waals surface area contributed by atoms with Gasteiger partial charge in [0, 0.05) is 33.2 Å². The smallest absolute Gasteiger partial charge is 0.336 e. The molecule has 3 aromatic rings. The van der Waals surface area contributed by atoms with Crippen LogP contribution >= 0.6 is 11.6 Å². The summed E-state index contributed by atoms with van der Waals surface area (Å²) in [6.07, 6.45) is 0.789. The summed E-state index contributed by atoms with van der Waals surface area (Å²) in [4.78, 5) is 13.1. The quantitative estimate of drug-likeness (QED) is 0.720. The molecule has 0 saturated carbocycles. The maximum absolute atomic E-state index is 11.8. The minimum atomic E-state index is -0.306. The van der Waals surface area contributed by atoms with Crippen LogP contribution in [-0.4, -0.2) is 6.73 Å². The lowest BCUT2D eigenvalue weighted by atomic mass is 9.99. The average Bonchev–Trinajstić information content (AvgIpc) is 2.64. The van der Waals surface area contributed by atoms with Crippen LogP contribution in [0.2, 0.25) is 5.02 Å². The van der Waals surface area contributed by atoms with E-state index in [2.05, 4.69) is 19.1 Å². The second-order valence-corrected chi connectivity index (χ2v) is 7.20. The molecule has 0 amide bonds. The molecule has 0 saturated heterocycles. The molecule has 1 atom stereocenters. The summed E-state index contributed by atoms with van der Waals surface area (Å²) in [7, 11) is 0. The summed E-state index contributed by atoms with van der Waals surface area (Å²) in [6.45, 7) is 6.22. The van der Waals surface area contributed by atoms with E-state index < -0.39 is 0 Å². The molecule has 5 heteroatoms. The molecule has 0 radical (unpaired) electrons. The molecule has 0 fully saturated rings. The number of fused-ring (bicyclic) bond motifs is 2. The van der Waals surface area contributed by atoms with Crippen LogP contribution in [-0.2, 0) is 19.5 Å². The molecule has 1 aliphatic heterocycles.